The van der Waals surface area contributed by atoms with Crippen LogP contribution in [0.15, 0.2) is 34.6 Å². The molecule has 15 heavy (non-hydrogen) atoms. The van der Waals surface area contributed by atoms with Gasteiger partial charge in [-0.3, -0.25) is 0 Å². The quantitative estimate of drug-likeness (QED) is 0.669. The second-order valence-corrected chi connectivity index (χ2v) is 4.62. The first-order valence-electron chi connectivity index (χ1n) is 4.32. The first-order valence-corrected chi connectivity index (χ1v) is 5.13. The van der Waals surface area contributed by atoms with Gasteiger partial charge in [-0.25, -0.2) is 0 Å². The Morgan fingerprint density at radius 1 is 1.33 bits per heavy atom. The number of hydrogen-bond acceptors (Lipinski definition) is 1. The van der Waals surface area contributed by atoms with E-state index in [1.54, 1.807) is 13.8 Å². The normalized spacial score (nSPS) is 11.5. The van der Waals surface area contributed by atoms with Crippen LogP contribution in [0, 0.1) is 6.92 Å². The van der Waals surface area contributed by atoms with Crippen LogP contribution in [0.3, 0.4) is 0 Å². The number of aryl methyl sites for hydroxylation is 1. The van der Waals surface area contributed by atoms with Crippen LogP contribution < -0.4 is 0 Å². The topological polar surface area (TPSA) is 0 Å². The highest BCUT2D eigenvalue weighted by Crippen LogP contribution is 2.35. The van der Waals surface area contributed by atoms with Crippen LogP contribution in [0.5, 0.6) is 0 Å². The molecule has 0 spiro atoms. The molecule has 0 aliphatic carbocycles. The number of halogens is 3. The first-order chi connectivity index (χ1) is 6.80. The molecule has 0 aliphatic rings. The smallest absolute Gasteiger partial charge is 0.166 e. The molecule has 0 amide bonds. The maximum Gasteiger partial charge on any atom is 0.416 e. The zero-order chi connectivity index (χ0) is 11.6. The van der Waals surface area contributed by atoms with Gasteiger partial charge in [0.05, 0.1) is 5.56 Å². The second kappa shape index (κ2) is 4.31. The molecule has 0 aromatic heterocycles. The predicted octanol–water partition coefficient (Wildman–Crippen LogP) is 4.64. The van der Waals surface area contributed by atoms with Crippen molar-refractivity contribution in [3.05, 3.63) is 40.8 Å². The van der Waals surface area contributed by atoms with Crippen molar-refractivity contribution in [1.82, 2.24) is 0 Å². The van der Waals surface area contributed by atoms with Gasteiger partial charge in [-0.2, -0.15) is 13.2 Å². The second-order valence-electron chi connectivity index (χ2n) is 3.28. The van der Waals surface area contributed by atoms with Crippen LogP contribution in [-0.4, -0.2) is 0 Å². The maximum atomic E-state index is 12.4. The third-order valence-electron chi connectivity index (χ3n) is 1.80. The summed E-state index contributed by atoms with van der Waals surface area (Å²) < 4.78 is 37.2. The molecule has 1 aromatic carbocycles. The number of alkyl halides is 3. The van der Waals surface area contributed by atoms with Crippen molar-refractivity contribution in [3.8, 4) is 0 Å². The minimum absolute atomic E-state index is 0.609. The average molecular weight is 232 g/mol. The molecule has 1 aromatic rings. The fourth-order valence-electron chi connectivity index (χ4n) is 1.07. The van der Waals surface area contributed by atoms with Gasteiger partial charge in [-0.1, -0.05) is 24.4 Å². The van der Waals surface area contributed by atoms with Crippen molar-refractivity contribution in [1.29, 1.82) is 0 Å². The van der Waals surface area contributed by atoms with Crippen molar-refractivity contribution in [2.45, 2.75) is 24.9 Å². The monoisotopic (exact) mass is 232 g/mol. The molecule has 0 N–H and O–H groups in total. The van der Waals surface area contributed by atoms with E-state index in [0.717, 1.165) is 22.6 Å². The average Bonchev–Trinajstić information content (AvgIpc) is 2.06. The predicted molar refractivity (Wildman–Crippen MR) is 56.9 cm³/mol. The molecule has 4 heteroatoms. The van der Waals surface area contributed by atoms with Gasteiger partial charge in [0.15, 0.2) is 0 Å². The van der Waals surface area contributed by atoms with Crippen molar-refractivity contribution in [3.63, 3.8) is 0 Å². The van der Waals surface area contributed by atoms with Crippen molar-refractivity contribution >= 4 is 11.8 Å². The zero-order valence-electron chi connectivity index (χ0n) is 8.48. The van der Waals surface area contributed by atoms with Gasteiger partial charge in [0.1, 0.15) is 0 Å². The van der Waals surface area contributed by atoms with Crippen molar-refractivity contribution in [2.75, 3.05) is 0 Å². The Labute approximate surface area is 91.2 Å². The first kappa shape index (κ1) is 12.2. The van der Waals surface area contributed by atoms with Gasteiger partial charge < -0.3 is 0 Å². The van der Waals surface area contributed by atoms with E-state index in [2.05, 4.69) is 6.58 Å². The van der Waals surface area contributed by atoms with Gasteiger partial charge in [0.25, 0.3) is 0 Å². The summed E-state index contributed by atoms with van der Waals surface area (Å²) in [6, 6.07) is 3.74. The van der Waals surface area contributed by atoms with Crippen LogP contribution in [-0.2, 0) is 6.18 Å². The number of thioether (sulfide) groups is 1. The Kier molecular flexibility index (Phi) is 3.50. The van der Waals surface area contributed by atoms with Crippen molar-refractivity contribution in [2.24, 2.45) is 0 Å². The molecule has 1 rings (SSSR count). The SMILES string of the molecule is C=C(C)Sc1cc(C(F)(F)F)ccc1C. The highest BCUT2D eigenvalue weighted by Gasteiger charge is 2.30. The molecular weight excluding hydrogens is 221 g/mol. The molecule has 0 heterocycles. The van der Waals surface area contributed by atoms with E-state index < -0.39 is 11.7 Å². The molecule has 0 saturated carbocycles. The molecule has 0 nitrogen and oxygen atoms in total. The molecule has 0 fully saturated rings. The summed E-state index contributed by atoms with van der Waals surface area (Å²) >= 11 is 1.26. The van der Waals surface area contributed by atoms with E-state index in [0.29, 0.717) is 4.90 Å². The molecule has 0 radical (unpaired) electrons. The Hall–Kier alpha value is -0.900. The summed E-state index contributed by atoms with van der Waals surface area (Å²) in [5.41, 5.74) is 0.216. The molecule has 82 valence electrons. The maximum absolute atomic E-state index is 12.4. The van der Waals surface area contributed by atoms with E-state index >= 15 is 0 Å². The number of benzene rings is 1. The summed E-state index contributed by atoms with van der Waals surface area (Å²) in [6.07, 6.45) is -4.28. The van der Waals surface area contributed by atoms with Crippen LogP contribution in [0.25, 0.3) is 0 Å². The summed E-state index contributed by atoms with van der Waals surface area (Å²) in [5.74, 6) is 0. The number of rotatable bonds is 2. The Morgan fingerprint density at radius 2 is 1.93 bits per heavy atom. The molecule has 0 unspecified atom stereocenters. The minimum Gasteiger partial charge on any atom is -0.166 e. The van der Waals surface area contributed by atoms with E-state index in [9.17, 15) is 13.2 Å². The highest BCUT2D eigenvalue weighted by molar-refractivity contribution is 8.03. The lowest BCUT2D eigenvalue weighted by Gasteiger charge is -2.10. The molecule has 0 atom stereocenters. The highest BCUT2D eigenvalue weighted by atomic mass is 32.2. The van der Waals surface area contributed by atoms with E-state index in [4.69, 9.17) is 0 Å². The number of allylic oxidation sites excluding steroid dienone is 1. The molecule has 0 aliphatic heterocycles. The Balaban J connectivity index is 3.11. The van der Waals surface area contributed by atoms with Crippen LogP contribution >= 0.6 is 11.8 Å². The Bertz CT molecular complexity index is 380. The minimum atomic E-state index is -4.28. The largest absolute Gasteiger partial charge is 0.416 e. The molecule has 0 bridgehead atoms. The fourth-order valence-corrected chi connectivity index (χ4v) is 1.86. The lowest BCUT2D eigenvalue weighted by atomic mass is 10.1. The third-order valence-corrected chi connectivity index (χ3v) is 2.81. The fraction of sp³-hybridized carbons (Fsp3) is 0.273. The van der Waals surface area contributed by atoms with Crippen molar-refractivity contribution < 1.29 is 13.2 Å². The van der Waals surface area contributed by atoms with Gasteiger partial charge >= 0.3 is 6.18 Å². The van der Waals surface area contributed by atoms with Gasteiger partial charge in [0, 0.05) is 4.90 Å². The summed E-state index contributed by atoms with van der Waals surface area (Å²) in [5, 5.41) is 0. The van der Waals surface area contributed by atoms with E-state index in [1.807, 2.05) is 0 Å². The van der Waals surface area contributed by atoms with Crippen LogP contribution in [0.2, 0.25) is 0 Å². The van der Waals surface area contributed by atoms with Gasteiger partial charge in [0.2, 0.25) is 0 Å². The molecular formula is C11H11F3S. The summed E-state index contributed by atoms with van der Waals surface area (Å²) in [4.78, 5) is 1.38. The Morgan fingerprint density at radius 3 is 2.40 bits per heavy atom. The standard InChI is InChI=1S/C11H11F3S/c1-7(2)15-10-6-9(11(12,13)14)5-4-8(10)3/h4-6H,1H2,2-3H3. The van der Waals surface area contributed by atoms with Crippen LogP contribution in [0.1, 0.15) is 18.1 Å². The van der Waals surface area contributed by atoms with Gasteiger partial charge in [-0.15, -0.1) is 0 Å². The zero-order valence-corrected chi connectivity index (χ0v) is 9.30. The third kappa shape index (κ3) is 3.30. The lowest BCUT2D eigenvalue weighted by Crippen LogP contribution is -2.04. The number of hydrogen-bond donors (Lipinski definition) is 0. The van der Waals surface area contributed by atoms with Gasteiger partial charge in [-0.05, 0) is 36.4 Å². The van der Waals surface area contributed by atoms with Crippen LogP contribution in [0.4, 0.5) is 13.2 Å². The lowest BCUT2D eigenvalue weighted by molar-refractivity contribution is -0.137. The van der Waals surface area contributed by atoms with E-state index in [-0.39, 0.29) is 0 Å². The summed E-state index contributed by atoms with van der Waals surface area (Å²) in [7, 11) is 0. The van der Waals surface area contributed by atoms with E-state index in [1.165, 1.54) is 17.8 Å². The summed E-state index contributed by atoms with van der Waals surface area (Å²) in [6.45, 7) is 7.22. The molecule has 0 saturated heterocycles.